The van der Waals surface area contributed by atoms with E-state index in [0.29, 0.717) is 23.8 Å². The Hall–Kier alpha value is -2.00. The van der Waals surface area contributed by atoms with Gasteiger partial charge in [0.2, 0.25) is 5.91 Å². The lowest BCUT2D eigenvalue weighted by atomic mass is 9.96. The maximum atomic E-state index is 12.4. The van der Waals surface area contributed by atoms with Crippen LogP contribution in [0.3, 0.4) is 0 Å². The molecule has 0 aliphatic carbocycles. The maximum absolute atomic E-state index is 12.4. The largest absolute Gasteiger partial charge is 0.497 e. The zero-order valence-electron chi connectivity index (χ0n) is 15.1. The SMILES string of the molecule is COc1ccc([C@@H](CC(C)C)NC(=O)CCc2ccc(Cl)cc2)cc1. The lowest BCUT2D eigenvalue weighted by Gasteiger charge is -2.21. The molecule has 0 heterocycles. The van der Waals surface area contributed by atoms with E-state index in [9.17, 15) is 4.79 Å². The summed E-state index contributed by atoms with van der Waals surface area (Å²) in [7, 11) is 1.65. The van der Waals surface area contributed by atoms with E-state index in [-0.39, 0.29) is 11.9 Å². The zero-order chi connectivity index (χ0) is 18.2. The zero-order valence-corrected chi connectivity index (χ0v) is 15.8. The molecule has 134 valence electrons. The Kier molecular flexibility index (Phi) is 7.32. The predicted molar refractivity (Wildman–Crippen MR) is 103 cm³/mol. The van der Waals surface area contributed by atoms with E-state index in [4.69, 9.17) is 16.3 Å². The summed E-state index contributed by atoms with van der Waals surface area (Å²) in [6.45, 7) is 4.33. The van der Waals surface area contributed by atoms with Gasteiger partial charge in [0.05, 0.1) is 13.2 Å². The molecule has 2 aromatic rings. The van der Waals surface area contributed by atoms with E-state index >= 15 is 0 Å². The molecule has 1 amide bonds. The lowest BCUT2D eigenvalue weighted by Crippen LogP contribution is -2.29. The molecule has 0 fully saturated rings. The topological polar surface area (TPSA) is 38.3 Å². The second kappa shape index (κ2) is 9.47. The molecule has 2 aromatic carbocycles. The fourth-order valence-corrected chi connectivity index (χ4v) is 2.89. The normalized spacial score (nSPS) is 12.0. The highest BCUT2D eigenvalue weighted by Gasteiger charge is 2.16. The number of halogens is 1. The van der Waals surface area contributed by atoms with Crippen molar-refractivity contribution in [3.63, 3.8) is 0 Å². The predicted octanol–water partition coefficient (Wildman–Crippen LogP) is 5.18. The van der Waals surface area contributed by atoms with Crippen LogP contribution in [0.15, 0.2) is 48.5 Å². The molecule has 4 heteroatoms. The number of hydrogen-bond donors (Lipinski definition) is 1. The van der Waals surface area contributed by atoms with Gasteiger partial charge in [0.1, 0.15) is 5.75 Å². The van der Waals surface area contributed by atoms with Gasteiger partial charge < -0.3 is 10.1 Å². The highest BCUT2D eigenvalue weighted by molar-refractivity contribution is 6.30. The molecule has 0 saturated heterocycles. The van der Waals surface area contributed by atoms with Crippen molar-refractivity contribution in [1.82, 2.24) is 5.32 Å². The molecular weight excluding hydrogens is 334 g/mol. The minimum absolute atomic E-state index is 0.0172. The van der Waals surface area contributed by atoms with Crippen molar-refractivity contribution < 1.29 is 9.53 Å². The van der Waals surface area contributed by atoms with Gasteiger partial charge in [-0.2, -0.15) is 0 Å². The van der Waals surface area contributed by atoms with Crippen LogP contribution in [0.25, 0.3) is 0 Å². The minimum atomic E-state index is 0.0172. The first-order valence-corrected chi connectivity index (χ1v) is 9.03. The number of carbonyl (C=O) groups is 1. The molecule has 0 saturated carbocycles. The number of rotatable bonds is 8. The van der Waals surface area contributed by atoms with Crippen LogP contribution in [0, 0.1) is 5.92 Å². The van der Waals surface area contributed by atoms with Crippen LogP contribution in [0.5, 0.6) is 5.75 Å². The summed E-state index contributed by atoms with van der Waals surface area (Å²) in [4.78, 5) is 12.4. The number of carbonyl (C=O) groups excluding carboxylic acids is 1. The highest BCUT2D eigenvalue weighted by Crippen LogP contribution is 2.24. The van der Waals surface area contributed by atoms with Gasteiger partial charge in [-0.15, -0.1) is 0 Å². The minimum Gasteiger partial charge on any atom is -0.497 e. The lowest BCUT2D eigenvalue weighted by molar-refractivity contribution is -0.121. The van der Waals surface area contributed by atoms with Crippen molar-refractivity contribution in [1.29, 1.82) is 0 Å². The molecule has 0 aliphatic heterocycles. The van der Waals surface area contributed by atoms with E-state index in [1.807, 2.05) is 48.5 Å². The fourth-order valence-electron chi connectivity index (χ4n) is 2.76. The van der Waals surface area contributed by atoms with E-state index in [1.54, 1.807) is 7.11 Å². The van der Waals surface area contributed by atoms with Gasteiger partial charge in [0.25, 0.3) is 0 Å². The molecule has 0 aromatic heterocycles. The van der Waals surface area contributed by atoms with Crippen LogP contribution in [0.1, 0.15) is 43.9 Å². The molecule has 25 heavy (non-hydrogen) atoms. The van der Waals surface area contributed by atoms with Gasteiger partial charge in [-0.05, 0) is 54.2 Å². The molecule has 0 bridgehead atoms. The van der Waals surface area contributed by atoms with Crippen LogP contribution in [-0.2, 0) is 11.2 Å². The van der Waals surface area contributed by atoms with Crippen molar-refractivity contribution in [2.24, 2.45) is 5.92 Å². The molecular formula is C21H26ClNO2. The molecule has 0 spiro atoms. The first-order valence-electron chi connectivity index (χ1n) is 8.65. The second-order valence-electron chi connectivity index (χ2n) is 6.65. The summed E-state index contributed by atoms with van der Waals surface area (Å²) < 4.78 is 5.21. The Morgan fingerprint density at radius 1 is 1.08 bits per heavy atom. The van der Waals surface area contributed by atoms with Crippen molar-refractivity contribution in [3.05, 3.63) is 64.7 Å². The third-order valence-electron chi connectivity index (χ3n) is 4.11. The molecule has 1 N–H and O–H groups in total. The Morgan fingerprint density at radius 2 is 1.72 bits per heavy atom. The standard InChI is InChI=1S/C21H26ClNO2/c1-15(2)14-20(17-7-11-19(25-3)12-8-17)23-21(24)13-6-16-4-9-18(22)10-5-16/h4-5,7-12,15,20H,6,13-14H2,1-3H3,(H,23,24)/t20-/m1/s1. The Morgan fingerprint density at radius 3 is 2.28 bits per heavy atom. The number of methoxy groups -OCH3 is 1. The third-order valence-corrected chi connectivity index (χ3v) is 4.37. The summed E-state index contributed by atoms with van der Waals surface area (Å²) in [6.07, 6.45) is 2.07. The van der Waals surface area contributed by atoms with E-state index in [0.717, 1.165) is 23.3 Å². The summed E-state index contributed by atoms with van der Waals surface area (Å²) >= 11 is 5.89. The van der Waals surface area contributed by atoms with Crippen LogP contribution in [0.4, 0.5) is 0 Å². The fraction of sp³-hybridized carbons (Fsp3) is 0.381. The van der Waals surface area contributed by atoms with Crippen LogP contribution in [0.2, 0.25) is 5.02 Å². The number of ether oxygens (including phenoxy) is 1. The molecule has 0 radical (unpaired) electrons. The van der Waals surface area contributed by atoms with Gasteiger partial charge in [-0.1, -0.05) is 49.7 Å². The molecule has 0 aliphatic rings. The Bertz CT molecular complexity index is 665. The van der Waals surface area contributed by atoms with Gasteiger partial charge in [-0.25, -0.2) is 0 Å². The quantitative estimate of drug-likeness (QED) is 0.704. The first kappa shape index (κ1) is 19.3. The van der Waals surface area contributed by atoms with Gasteiger partial charge in [0.15, 0.2) is 0 Å². The number of hydrogen-bond acceptors (Lipinski definition) is 2. The molecule has 0 unspecified atom stereocenters. The van der Waals surface area contributed by atoms with E-state index in [2.05, 4.69) is 19.2 Å². The number of aryl methyl sites for hydroxylation is 1. The van der Waals surface area contributed by atoms with Crippen molar-refractivity contribution >= 4 is 17.5 Å². The first-order chi connectivity index (χ1) is 12.0. The van der Waals surface area contributed by atoms with Crippen LogP contribution < -0.4 is 10.1 Å². The van der Waals surface area contributed by atoms with E-state index < -0.39 is 0 Å². The smallest absolute Gasteiger partial charge is 0.220 e. The number of amides is 1. The Labute approximate surface area is 155 Å². The van der Waals surface area contributed by atoms with Crippen molar-refractivity contribution in [3.8, 4) is 5.75 Å². The average molecular weight is 360 g/mol. The van der Waals surface area contributed by atoms with E-state index in [1.165, 1.54) is 0 Å². The van der Waals surface area contributed by atoms with Gasteiger partial charge >= 0.3 is 0 Å². The summed E-state index contributed by atoms with van der Waals surface area (Å²) in [5.74, 6) is 1.38. The van der Waals surface area contributed by atoms with Crippen molar-refractivity contribution in [2.75, 3.05) is 7.11 Å². The number of benzene rings is 2. The third kappa shape index (κ3) is 6.43. The number of nitrogens with one attached hydrogen (secondary N) is 1. The van der Waals surface area contributed by atoms with Crippen molar-refractivity contribution in [2.45, 2.75) is 39.2 Å². The molecule has 1 atom stereocenters. The van der Waals surface area contributed by atoms with Crippen LogP contribution in [-0.4, -0.2) is 13.0 Å². The summed E-state index contributed by atoms with van der Waals surface area (Å²) in [5, 5.41) is 3.89. The maximum Gasteiger partial charge on any atom is 0.220 e. The second-order valence-corrected chi connectivity index (χ2v) is 7.09. The molecule has 2 rings (SSSR count). The average Bonchev–Trinajstić information content (AvgIpc) is 2.60. The summed E-state index contributed by atoms with van der Waals surface area (Å²) in [5.41, 5.74) is 2.22. The van der Waals surface area contributed by atoms with Crippen LogP contribution >= 0.6 is 11.6 Å². The summed E-state index contributed by atoms with van der Waals surface area (Å²) in [6, 6.07) is 15.6. The van der Waals surface area contributed by atoms with Gasteiger partial charge in [0, 0.05) is 11.4 Å². The monoisotopic (exact) mass is 359 g/mol. The Balaban J connectivity index is 1.97. The molecule has 3 nitrogen and oxygen atoms in total. The highest BCUT2D eigenvalue weighted by atomic mass is 35.5. The van der Waals surface area contributed by atoms with Gasteiger partial charge in [-0.3, -0.25) is 4.79 Å².